The normalized spacial score (nSPS) is 18.6. The van der Waals surface area contributed by atoms with E-state index in [9.17, 15) is 18.0 Å². The van der Waals surface area contributed by atoms with Crippen LogP contribution >= 0.6 is 0 Å². The third kappa shape index (κ3) is 3.86. The topological polar surface area (TPSA) is 77.2 Å². The molecule has 1 aromatic heterocycles. The summed E-state index contributed by atoms with van der Waals surface area (Å²) in [6, 6.07) is 8.08. The molecule has 1 aliphatic rings. The lowest BCUT2D eigenvalue weighted by Crippen LogP contribution is -2.45. The van der Waals surface area contributed by atoms with Crippen LogP contribution in [0, 0.1) is 17.5 Å². The standard InChI is InChI=1S/C21H20F3N3O2/c22-13-3-1-11(2-4-13)20-19(16-7-14(23)8-17(24)21(16)27-20)12-5-15(6-12)25-9-18(29)26-10-28/h1-4,7-8,12,15,25,27-28H,5-6,9-10H2,(H,26,29)/t12-,15-. The van der Waals surface area contributed by atoms with Crippen molar-refractivity contribution in [2.24, 2.45) is 0 Å². The highest BCUT2D eigenvalue weighted by Crippen LogP contribution is 2.45. The number of carbonyl (C=O) groups excluding carboxylic acids is 1. The summed E-state index contributed by atoms with van der Waals surface area (Å²) >= 11 is 0. The number of fused-ring (bicyclic) bond motifs is 1. The van der Waals surface area contributed by atoms with Crippen molar-refractivity contribution in [2.45, 2.75) is 24.8 Å². The molecular formula is C21H20F3N3O2. The summed E-state index contributed by atoms with van der Waals surface area (Å²) in [5.41, 5.74) is 2.35. The van der Waals surface area contributed by atoms with Gasteiger partial charge < -0.3 is 20.7 Å². The molecule has 29 heavy (non-hydrogen) atoms. The molecule has 0 aliphatic heterocycles. The number of aliphatic hydroxyl groups excluding tert-OH is 1. The number of nitrogens with one attached hydrogen (secondary N) is 3. The molecule has 0 saturated heterocycles. The Labute approximate surface area is 164 Å². The maximum Gasteiger partial charge on any atom is 0.235 e. The fourth-order valence-corrected chi connectivity index (χ4v) is 3.92. The van der Waals surface area contributed by atoms with E-state index in [4.69, 9.17) is 5.11 Å². The van der Waals surface area contributed by atoms with Crippen LogP contribution < -0.4 is 10.6 Å². The van der Waals surface area contributed by atoms with Crippen molar-refractivity contribution in [3.05, 3.63) is 59.4 Å². The molecule has 4 rings (SSSR count). The van der Waals surface area contributed by atoms with Crippen molar-refractivity contribution < 1.29 is 23.1 Å². The zero-order chi connectivity index (χ0) is 20.5. The number of aromatic amines is 1. The van der Waals surface area contributed by atoms with Crippen LogP contribution in [-0.4, -0.2) is 35.3 Å². The molecule has 1 fully saturated rings. The molecule has 0 unspecified atom stereocenters. The summed E-state index contributed by atoms with van der Waals surface area (Å²) in [5.74, 6) is -1.99. The molecule has 8 heteroatoms. The van der Waals surface area contributed by atoms with Crippen LogP contribution in [0.2, 0.25) is 0 Å². The van der Waals surface area contributed by atoms with Crippen molar-refractivity contribution in [3.8, 4) is 11.3 Å². The molecule has 3 aromatic rings. The number of hydrogen-bond acceptors (Lipinski definition) is 3. The maximum atomic E-state index is 14.4. The van der Waals surface area contributed by atoms with Gasteiger partial charge in [0.2, 0.25) is 5.91 Å². The van der Waals surface area contributed by atoms with E-state index in [-0.39, 0.29) is 35.7 Å². The minimum absolute atomic E-state index is 0.0309. The Hall–Kier alpha value is -2.84. The first-order valence-electron chi connectivity index (χ1n) is 9.33. The number of rotatable bonds is 6. The molecule has 0 bridgehead atoms. The number of amides is 1. The molecule has 2 aromatic carbocycles. The zero-order valence-electron chi connectivity index (χ0n) is 15.4. The molecule has 1 saturated carbocycles. The van der Waals surface area contributed by atoms with E-state index < -0.39 is 18.4 Å². The SMILES string of the molecule is O=C(CN[C@H]1C[C@H](c2c(-c3ccc(F)cc3)[nH]c3c(F)cc(F)cc32)C1)NCO. The molecule has 1 amide bonds. The van der Waals surface area contributed by atoms with Gasteiger partial charge in [-0.05, 0) is 60.2 Å². The second-order valence-electron chi connectivity index (χ2n) is 7.23. The molecule has 0 atom stereocenters. The second-order valence-corrected chi connectivity index (χ2v) is 7.23. The van der Waals surface area contributed by atoms with Crippen molar-refractivity contribution in [1.82, 2.24) is 15.6 Å². The van der Waals surface area contributed by atoms with Gasteiger partial charge in [0.1, 0.15) is 24.2 Å². The lowest BCUT2D eigenvalue weighted by atomic mass is 9.74. The second kappa shape index (κ2) is 7.88. The Bertz CT molecular complexity index is 1040. The minimum atomic E-state index is -0.677. The van der Waals surface area contributed by atoms with Gasteiger partial charge >= 0.3 is 0 Å². The Balaban J connectivity index is 1.64. The Morgan fingerprint density at radius 2 is 1.83 bits per heavy atom. The zero-order valence-corrected chi connectivity index (χ0v) is 15.4. The number of benzene rings is 2. The van der Waals surface area contributed by atoms with E-state index >= 15 is 0 Å². The summed E-state index contributed by atoms with van der Waals surface area (Å²) in [7, 11) is 0. The quantitative estimate of drug-likeness (QED) is 0.478. The lowest BCUT2D eigenvalue weighted by molar-refractivity contribution is -0.121. The van der Waals surface area contributed by atoms with Crippen LogP contribution in [0.15, 0.2) is 36.4 Å². The first-order chi connectivity index (χ1) is 14.0. The predicted octanol–water partition coefficient (Wildman–Crippen LogP) is 3.15. The van der Waals surface area contributed by atoms with Gasteiger partial charge in [0.15, 0.2) is 0 Å². The van der Waals surface area contributed by atoms with Gasteiger partial charge in [0, 0.05) is 17.5 Å². The third-order valence-corrected chi connectivity index (χ3v) is 5.37. The number of halogens is 3. The monoisotopic (exact) mass is 403 g/mol. The van der Waals surface area contributed by atoms with Gasteiger partial charge in [-0.15, -0.1) is 0 Å². The molecule has 0 radical (unpaired) electrons. The van der Waals surface area contributed by atoms with Gasteiger partial charge in [-0.3, -0.25) is 4.79 Å². The third-order valence-electron chi connectivity index (χ3n) is 5.37. The molecule has 4 N–H and O–H groups in total. The van der Waals surface area contributed by atoms with Crippen molar-refractivity contribution in [2.75, 3.05) is 13.3 Å². The molecule has 152 valence electrons. The van der Waals surface area contributed by atoms with Gasteiger partial charge in [0.05, 0.1) is 17.8 Å². The van der Waals surface area contributed by atoms with E-state index in [0.29, 0.717) is 29.5 Å². The first kappa shape index (κ1) is 19.5. The number of carbonyl (C=O) groups is 1. The summed E-state index contributed by atoms with van der Waals surface area (Å²) in [6.07, 6.45) is 1.37. The van der Waals surface area contributed by atoms with Crippen LogP contribution in [0.4, 0.5) is 13.2 Å². The molecule has 0 spiro atoms. The van der Waals surface area contributed by atoms with Crippen molar-refractivity contribution in [1.29, 1.82) is 0 Å². The fraction of sp³-hybridized carbons (Fsp3) is 0.286. The van der Waals surface area contributed by atoms with Gasteiger partial charge in [-0.2, -0.15) is 0 Å². The Morgan fingerprint density at radius 3 is 2.52 bits per heavy atom. The van der Waals surface area contributed by atoms with E-state index in [2.05, 4.69) is 15.6 Å². The Morgan fingerprint density at radius 1 is 1.10 bits per heavy atom. The van der Waals surface area contributed by atoms with Crippen molar-refractivity contribution in [3.63, 3.8) is 0 Å². The van der Waals surface area contributed by atoms with Crippen LogP contribution in [0.3, 0.4) is 0 Å². The van der Waals surface area contributed by atoms with Crippen molar-refractivity contribution >= 4 is 16.8 Å². The predicted molar refractivity (Wildman–Crippen MR) is 103 cm³/mol. The molecule has 1 heterocycles. The summed E-state index contributed by atoms with van der Waals surface area (Å²) in [6.45, 7) is -0.332. The van der Waals surface area contributed by atoms with Crippen LogP contribution in [0.5, 0.6) is 0 Å². The van der Waals surface area contributed by atoms with E-state index in [1.165, 1.54) is 18.2 Å². The lowest BCUT2D eigenvalue weighted by Gasteiger charge is -2.36. The largest absolute Gasteiger partial charge is 0.377 e. The average molecular weight is 403 g/mol. The van der Waals surface area contributed by atoms with Gasteiger partial charge in [-0.25, -0.2) is 13.2 Å². The Kier molecular flexibility index (Phi) is 5.29. The van der Waals surface area contributed by atoms with Crippen LogP contribution in [0.25, 0.3) is 22.2 Å². The fourth-order valence-electron chi connectivity index (χ4n) is 3.92. The summed E-state index contributed by atoms with van der Waals surface area (Å²) < 4.78 is 41.6. The number of hydrogen-bond donors (Lipinski definition) is 4. The molecular weight excluding hydrogens is 383 g/mol. The summed E-state index contributed by atoms with van der Waals surface area (Å²) in [4.78, 5) is 14.5. The summed E-state index contributed by atoms with van der Waals surface area (Å²) in [5, 5.41) is 14.6. The smallest absolute Gasteiger partial charge is 0.235 e. The highest BCUT2D eigenvalue weighted by molar-refractivity contribution is 5.92. The van der Waals surface area contributed by atoms with Crippen LogP contribution in [0.1, 0.15) is 24.3 Å². The number of aromatic nitrogens is 1. The first-order valence-corrected chi connectivity index (χ1v) is 9.33. The molecule has 1 aliphatic carbocycles. The van der Waals surface area contributed by atoms with E-state index in [1.807, 2.05) is 0 Å². The maximum absolute atomic E-state index is 14.4. The van der Waals surface area contributed by atoms with E-state index in [0.717, 1.165) is 11.6 Å². The van der Waals surface area contributed by atoms with Crippen LogP contribution in [-0.2, 0) is 4.79 Å². The minimum Gasteiger partial charge on any atom is -0.377 e. The number of H-pyrrole nitrogens is 1. The molecule has 5 nitrogen and oxygen atoms in total. The van der Waals surface area contributed by atoms with Gasteiger partial charge in [0.25, 0.3) is 0 Å². The highest BCUT2D eigenvalue weighted by Gasteiger charge is 2.34. The average Bonchev–Trinajstić information content (AvgIpc) is 3.01. The highest BCUT2D eigenvalue weighted by atomic mass is 19.1. The van der Waals surface area contributed by atoms with E-state index in [1.54, 1.807) is 12.1 Å². The number of aliphatic hydroxyl groups is 1. The van der Waals surface area contributed by atoms with Gasteiger partial charge in [-0.1, -0.05) is 0 Å².